The summed E-state index contributed by atoms with van der Waals surface area (Å²) in [5.74, 6) is 0.0907. The number of fused-ring (bicyclic) bond motifs is 1. The van der Waals surface area contributed by atoms with E-state index >= 15 is 0 Å². The SMILES string of the molecule is Cc1c(C(=O)NCc2ccc(Cn3ccccc3=O)cc2)oc2ccc(Br)cc12. The van der Waals surface area contributed by atoms with Crippen molar-refractivity contribution in [3.8, 4) is 0 Å². The van der Waals surface area contributed by atoms with Crippen LogP contribution in [0.5, 0.6) is 0 Å². The van der Waals surface area contributed by atoms with Gasteiger partial charge in [0.1, 0.15) is 5.58 Å². The lowest BCUT2D eigenvalue weighted by molar-refractivity contribution is 0.0924. The van der Waals surface area contributed by atoms with E-state index in [4.69, 9.17) is 4.42 Å². The van der Waals surface area contributed by atoms with Gasteiger partial charge in [-0.1, -0.05) is 46.3 Å². The maximum absolute atomic E-state index is 12.6. The summed E-state index contributed by atoms with van der Waals surface area (Å²) in [4.78, 5) is 24.4. The van der Waals surface area contributed by atoms with Crippen LogP contribution in [0.4, 0.5) is 0 Å². The summed E-state index contributed by atoms with van der Waals surface area (Å²) >= 11 is 3.44. The molecule has 0 saturated carbocycles. The number of carbonyl (C=O) groups excluding carboxylic acids is 1. The minimum Gasteiger partial charge on any atom is -0.451 e. The molecule has 1 N–H and O–H groups in total. The number of halogens is 1. The predicted octanol–water partition coefficient (Wildman–Crippen LogP) is 4.64. The molecule has 5 nitrogen and oxygen atoms in total. The highest BCUT2D eigenvalue weighted by atomic mass is 79.9. The number of benzene rings is 2. The van der Waals surface area contributed by atoms with Crippen molar-refractivity contribution < 1.29 is 9.21 Å². The molecular formula is C23H19BrN2O3. The fourth-order valence-corrected chi connectivity index (χ4v) is 3.58. The second-order valence-corrected chi connectivity index (χ2v) is 7.78. The van der Waals surface area contributed by atoms with E-state index in [2.05, 4.69) is 21.2 Å². The standard InChI is InChI=1S/C23H19BrN2O3/c1-15-19-12-18(24)9-10-20(19)29-22(15)23(28)25-13-16-5-7-17(8-6-16)14-26-11-3-2-4-21(26)27/h2-12H,13-14H2,1H3,(H,25,28). The number of carbonyl (C=O) groups is 1. The lowest BCUT2D eigenvalue weighted by Gasteiger charge is -2.07. The third-order valence-electron chi connectivity index (χ3n) is 4.83. The largest absolute Gasteiger partial charge is 0.451 e. The molecule has 2 aromatic carbocycles. The lowest BCUT2D eigenvalue weighted by Crippen LogP contribution is -2.23. The van der Waals surface area contributed by atoms with E-state index in [1.54, 1.807) is 22.9 Å². The molecule has 0 unspecified atom stereocenters. The summed E-state index contributed by atoms with van der Waals surface area (Å²) in [5, 5.41) is 3.83. The minimum absolute atomic E-state index is 0.0305. The molecule has 0 radical (unpaired) electrons. The third-order valence-corrected chi connectivity index (χ3v) is 5.33. The first-order valence-corrected chi connectivity index (χ1v) is 10.0. The van der Waals surface area contributed by atoms with Gasteiger partial charge in [-0.2, -0.15) is 0 Å². The number of amides is 1. The van der Waals surface area contributed by atoms with Gasteiger partial charge in [0.25, 0.3) is 11.5 Å². The van der Waals surface area contributed by atoms with Crippen molar-refractivity contribution in [2.24, 2.45) is 0 Å². The van der Waals surface area contributed by atoms with Crippen LogP contribution in [0.3, 0.4) is 0 Å². The number of furan rings is 1. The first-order chi connectivity index (χ1) is 14.0. The average molecular weight is 451 g/mol. The van der Waals surface area contributed by atoms with Gasteiger partial charge in [0.2, 0.25) is 0 Å². The number of aromatic nitrogens is 1. The summed E-state index contributed by atoms with van der Waals surface area (Å²) in [5.41, 5.74) is 3.47. The maximum Gasteiger partial charge on any atom is 0.287 e. The van der Waals surface area contributed by atoms with E-state index in [1.165, 1.54) is 0 Å². The van der Waals surface area contributed by atoms with Gasteiger partial charge in [-0.3, -0.25) is 9.59 Å². The molecule has 4 rings (SSSR count). The van der Waals surface area contributed by atoms with Crippen LogP contribution in [-0.2, 0) is 13.1 Å². The van der Waals surface area contributed by atoms with Crippen LogP contribution < -0.4 is 10.9 Å². The van der Waals surface area contributed by atoms with E-state index < -0.39 is 0 Å². The topological polar surface area (TPSA) is 64.2 Å². The van der Waals surface area contributed by atoms with Crippen LogP contribution in [0.2, 0.25) is 0 Å². The van der Waals surface area contributed by atoms with Crippen LogP contribution >= 0.6 is 15.9 Å². The van der Waals surface area contributed by atoms with Crippen molar-refractivity contribution >= 4 is 32.8 Å². The van der Waals surface area contributed by atoms with E-state index in [0.717, 1.165) is 26.5 Å². The van der Waals surface area contributed by atoms with Crippen molar-refractivity contribution in [2.75, 3.05) is 0 Å². The minimum atomic E-state index is -0.241. The Labute approximate surface area is 176 Å². The van der Waals surface area contributed by atoms with Crippen LogP contribution in [-0.4, -0.2) is 10.5 Å². The van der Waals surface area contributed by atoms with Crippen molar-refractivity contribution in [3.63, 3.8) is 0 Å². The van der Waals surface area contributed by atoms with E-state index in [1.807, 2.05) is 55.5 Å². The van der Waals surface area contributed by atoms with Crippen molar-refractivity contribution in [1.82, 2.24) is 9.88 Å². The molecule has 1 amide bonds. The van der Waals surface area contributed by atoms with Crippen LogP contribution in [0.15, 0.2) is 80.5 Å². The van der Waals surface area contributed by atoms with Crippen LogP contribution in [0, 0.1) is 6.92 Å². The molecule has 146 valence electrons. The number of pyridine rings is 1. The highest BCUT2D eigenvalue weighted by Crippen LogP contribution is 2.28. The number of hydrogen-bond donors (Lipinski definition) is 1. The van der Waals surface area contributed by atoms with Crippen molar-refractivity contribution in [2.45, 2.75) is 20.0 Å². The van der Waals surface area contributed by atoms with E-state index in [9.17, 15) is 9.59 Å². The van der Waals surface area contributed by atoms with Gasteiger partial charge in [-0.25, -0.2) is 0 Å². The number of hydrogen-bond acceptors (Lipinski definition) is 3. The Balaban J connectivity index is 1.43. The Kier molecular flexibility index (Phi) is 5.36. The molecule has 2 heterocycles. The normalized spacial score (nSPS) is 11.0. The number of rotatable bonds is 5. The number of nitrogens with zero attached hydrogens (tertiary/aromatic N) is 1. The predicted molar refractivity (Wildman–Crippen MR) is 116 cm³/mol. The van der Waals surface area contributed by atoms with Crippen molar-refractivity contribution in [3.05, 3.63) is 104 Å². The first kappa shape index (κ1) is 19.2. The molecule has 0 bridgehead atoms. The molecule has 6 heteroatoms. The zero-order valence-corrected chi connectivity index (χ0v) is 17.4. The summed E-state index contributed by atoms with van der Waals surface area (Å²) in [6, 6.07) is 18.6. The monoisotopic (exact) mass is 450 g/mol. The van der Waals surface area contributed by atoms with Crippen molar-refractivity contribution in [1.29, 1.82) is 0 Å². The fourth-order valence-electron chi connectivity index (χ4n) is 3.22. The van der Waals surface area contributed by atoms with Gasteiger partial charge in [0, 0.05) is 34.2 Å². The molecule has 2 aromatic heterocycles. The van der Waals surface area contributed by atoms with Gasteiger partial charge in [-0.05, 0) is 42.3 Å². The Morgan fingerprint density at radius 1 is 1.07 bits per heavy atom. The Bertz CT molecular complexity index is 1240. The zero-order chi connectivity index (χ0) is 20.4. The van der Waals surface area contributed by atoms with Crippen LogP contribution in [0.25, 0.3) is 11.0 Å². The molecule has 4 aromatic rings. The Morgan fingerprint density at radius 2 is 1.83 bits per heavy atom. The summed E-state index contributed by atoms with van der Waals surface area (Å²) in [6.07, 6.45) is 1.77. The molecular weight excluding hydrogens is 432 g/mol. The maximum atomic E-state index is 12.6. The Morgan fingerprint density at radius 3 is 2.59 bits per heavy atom. The van der Waals surface area contributed by atoms with Gasteiger partial charge in [0.05, 0.1) is 6.54 Å². The Hall–Kier alpha value is -3.12. The second kappa shape index (κ2) is 8.09. The second-order valence-electron chi connectivity index (χ2n) is 6.86. The first-order valence-electron chi connectivity index (χ1n) is 9.21. The summed E-state index contributed by atoms with van der Waals surface area (Å²) in [7, 11) is 0. The average Bonchev–Trinajstić information content (AvgIpc) is 3.05. The van der Waals surface area contributed by atoms with E-state index in [0.29, 0.717) is 24.4 Å². The van der Waals surface area contributed by atoms with Gasteiger partial charge < -0.3 is 14.3 Å². The third kappa shape index (κ3) is 4.17. The molecule has 0 aliphatic rings. The lowest BCUT2D eigenvalue weighted by atomic mass is 10.1. The van der Waals surface area contributed by atoms with Gasteiger partial charge >= 0.3 is 0 Å². The number of aryl methyl sites for hydroxylation is 1. The zero-order valence-electron chi connectivity index (χ0n) is 15.8. The summed E-state index contributed by atoms with van der Waals surface area (Å²) < 4.78 is 8.33. The highest BCUT2D eigenvalue weighted by Gasteiger charge is 2.17. The molecule has 0 saturated heterocycles. The molecule has 0 fully saturated rings. The molecule has 0 spiro atoms. The summed E-state index contributed by atoms with van der Waals surface area (Å²) in [6.45, 7) is 2.79. The number of nitrogens with one attached hydrogen (secondary N) is 1. The molecule has 0 aliphatic heterocycles. The highest BCUT2D eigenvalue weighted by molar-refractivity contribution is 9.10. The molecule has 29 heavy (non-hydrogen) atoms. The van der Waals surface area contributed by atoms with Gasteiger partial charge in [-0.15, -0.1) is 0 Å². The van der Waals surface area contributed by atoms with Gasteiger partial charge in [0.15, 0.2) is 5.76 Å². The fraction of sp³-hybridized carbons (Fsp3) is 0.130. The quantitative estimate of drug-likeness (QED) is 0.481. The van der Waals surface area contributed by atoms with Crippen LogP contribution in [0.1, 0.15) is 27.2 Å². The molecule has 0 aliphatic carbocycles. The van der Waals surface area contributed by atoms with E-state index in [-0.39, 0.29) is 11.5 Å². The smallest absolute Gasteiger partial charge is 0.287 e. The molecule has 0 atom stereocenters.